The fraction of sp³-hybridized carbons (Fsp3) is 0.467. The van der Waals surface area contributed by atoms with Crippen molar-refractivity contribution in [3.05, 3.63) is 47.2 Å². The number of nitrogens with two attached hydrogens (primary N) is 2. The monoisotopic (exact) mass is 748 g/mol. The average molecular weight is 749 g/mol. The van der Waals surface area contributed by atoms with Crippen molar-refractivity contribution in [3.8, 4) is 16.9 Å². The molecule has 3 aliphatic heterocycles. The quantitative estimate of drug-likeness (QED) is 0.0361. The minimum Gasteiger partial charge on any atom is -0.485 e. The number of aliphatic carboxylic acids is 1. The first-order chi connectivity index (χ1) is 24.2. The molecule has 0 aliphatic carbocycles. The molecule has 0 saturated carbocycles. The molecule has 3 aliphatic rings. The van der Waals surface area contributed by atoms with E-state index < -0.39 is 58.2 Å². The van der Waals surface area contributed by atoms with Crippen molar-refractivity contribution >= 4 is 50.4 Å². The van der Waals surface area contributed by atoms with Crippen LogP contribution in [-0.4, -0.2) is 100 Å². The van der Waals surface area contributed by atoms with Crippen molar-refractivity contribution in [2.75, 3.05) is 31.9 Å². The lowest BCUT2D eigenvalue weighted by atomic mass is 9.90. The van der Waals surface area contributed by atoms with Gasteiger partial charge in [-0.25, -0.2) is 9.78 Å². The third-order valence-electron chi connectivity index (χ3n) is 8.87. The number of fused-ring (bicyclic) bond motifs is 1. The van der Waals surface area contributed by atoms with Gasteiger partial charge in [-0.2, -0.15) is 18.2 Å². The van der Waals surface area contributed by atoms with Crippen LogP contribution in [0.4, 0.5) is 5.13 Å². The van der Waals surface area contributed by atoms with Crippen LogP contribution in [0.5, 0.6) is 5.75 Å². The highest BCUT2D eigenvalue weighted by Gasteiger charge is 2.49. The standard InChI is InChI=1S/C30H37N9O10S2/c1-30(28(42)43,48-36-25(22-16-50-29(32)35-22)26(40)34-21-15-39(27(21)41)49-51(44,45)46)24-6-4-19-9-18(3-5-23(19)47-24)20-13-37(8-2-7-31)38(14-20)12-17-10-33-11-17/h3,5,9,13-14,16-17,21,24,33H,2,4,6-8,10-12,15,31H2,1H3,(H4-,32,34,35,40,42,43,44,45,46)/p+1/b36-25-/t21?,24?,30-/m0/s1. The van der Waals surface area contributed by atoms with Gasteiger partial charge in [0.2, 0.25) is 6.20 Å². The number of aromatic nitrogens is 3. The topological polar surface area (TPSA) is 267 Å². The molecule has 5 heterocycles. The fourth-order valence-corrected chi connectivity index (χ4v) is 6.75. The number of carbonyl (C=O) groups is 3. The van der Waals surface area contributed by atoms with Gasteiger partial charge >= 0.3 is 16.4 Å². The Bertz CT molecular complexity index is 1960. The van der Waals surface area contributed by atoms with E-state index in [4.69, 9.17) is 25.6 Å². The summed E-state index contributed by atoms with van der Waals surface area (Å²) >= 11 is 0.976. The number of hydroxylamine groups is 2. The number of rotatable bonds is 15. The average Bonchev–Trinajstić information content (AvgIpc) is 3.69. The van der Waals surface area contributed by atoms with Gasteiger partial charge in [-0.05, 0) is 56.0 Å². The number of carboxylic acids is 1. The highest BCUT2D eigenvalue weighted by molar-refractivity contribution is 7.80. The molecule has 0 spiro atoms. The summed E-state index contributed by atoms with van der Waals surface area (Å²) < 4.78 is 45.4. The molecule has 3 aromatic rings. The summed E-state index contributed by atoms with van der Waals surface area (Å²) in [4.78, 5) is 47.8. The van der Waals surface area contributed by atoms with E-state index in [1.165, 1.54) is 12.3 Å². The smallest absolute Gasteiger partial charge is 0.418 e. The van der Waals surface area contributed by atoms with E-state index in [0.717, 1.165) is 60.6 Å². The summed E-state index contributed by atoms with van der Waals surface area (Å²) in [5.41, 5.74) is 11.8. The molecule has 2 aromatic heterocycles. The van der Waals surface area contributed by atoms with Crippen LogP contribution in [0.15, 0.2) is 41.1 Å². The summed E-state index contributed by atoms with van der Waals surface area (Å²) in [6.45, 7) is 5.11. The fourth-order valence-electron chi connectivity index (χ4n) is 5.84. The largest absolute Gasteiger partial charge is 0.485 e. The summed E-state index contributed by atoms with van der Waals surface area (Å²) in [5, 5.41) is 21.6. The van der Waals surface area contributed by atoms with Crippen molar-refractivity contribution in [2.24, 2.45) is 16.8 Å². The zero-order chi connectivity index (χ0) is 36.5. The third-order valence-corrected chi connectivity index (χ3v) is 9.92. The minimum absolute atomic E-state index is 0.0643. The first kappa shape index (κ1) is 36.1. The second-order valence-electron chi connectivity index (χ2n) is 12.6. The summed E-state index contributed by atoms with van der Waals surface area (Å²) in [6, 6.07) is 4.49. The number of hydrogen-bond acceptors (Lipinski definition) is 14. The normalized spacial score (nSPS) is 20.4. The van der Waals surface area contributed by atoms with Gasteiger partial charge in [0.15, 0.2) is 23.5 Å². The van der Waals surface area contributed by atoms with Crippen molar-refractivity contribution in [3.63, 3.8) is 0 Å². The van der Waals surface area contributed by atoms with Gasteiger partial charge in [0.05, 0.1) is 24.8 Å². The number of amides is 2. The van der Waals surface area contributed by atoms with E-state index in [9.17, 15) is 27.9 Å². The van der Waals surface area contributed by atoms with Crippen LogP contribution in [0.2, 0.25) is 0 Å². The van der Waals surface area contributed by atoms with Crippen LogP contribution in [0.1, 0.15) is 31.0 Å². The second kappa shape index (κ2) is 14.5. The maximum atomic E-state index is 13.2. The molecular weight excluding hydrogens is 711 g/mol. The summed E-state index contributed by atoms with van der Waals surface area (Å²) in [7, 11) is -4.96. The maximum Gasteiger partial charge on any atom is 0.418 e. The molecule has 2 amide bonds. The van der Waals surface area contributed by atoms with Crippen LogP contribution in [-0.2, 0) is 53.4 Å². The van der Waals surface area contributed by atoms with Crippen LogP contribution >= 0.6 is 11.3 Å². The van der Waals surface area contributed by atoms with Gasteiger partial charge in [0.1, 0.15) is 17.5 Å². The van der Waals surface area contributed by atoms with E-state index in [-0.39, 0.29) is 17.2 Å². The number of ether oxygens (including phenoxy) is 1. The highest BCUT2D eigenvalue weighted by Crippen LogP contribution is 2.36. The summed E-state index contributed by atoms with van der Waals surface area (Å²) in [5.74, 6) is -2.33. The number of aryl methyl sites for hydroxylation is 2. The Morgan fingerprint density at radius 1 is 1.31 bits per heavy atom. The van der Waals surface area contributed by atoms with Gasteiger partial charge in [0.25, 0.3) is 17.4 Å². The number of carbonyl (C=O) groups excluding carboxylic acids is 2. The molecular formula is C30H38N9O10S2+. The van der Waals surface area contributed by atoms with Gasteiger partial charge in [-0.1, -0.05) is 11.2 Å². The molecule has 21 heteroatoms. The van der Waals surface area contributed by atoms with Crippen molar-refractivity contribution in [2.45, 2.75) is 57.0 Å². The first-order valence-corrected chi connectivity index (χ1v) is 18.3. The third kappa shape index (κ3) is 7.97. The number of nitrogens with zero attached hydrogens (tertiary/aromatic N) is 5. The van der Waals surface area contributed by atoms with E-state index in [1.54, 1.807) is 6.07 Å². The second-order valence-corrected chi connectivity index (χ2v) is 14.5. The molecule has 2 unspecified atom stereocenters. The Morgan fingerprint density at radius 3 is 2.73 bits per heavy atom. The number of carboxylic acid groups (broad SMARTS) is 1. The Hall–Kier alpha value is -4.67. The molecule has 6 rings (SSSR count). The molecule has 2 fully saturated rings. The van der Waals surface area contributed by atoms with E-state index in [1.807, 2.05) is 12.1 Å². The molecule has 8 N–H and O–H groups in total. The van der Waals surface area contributed by atoms with Gasteiger partial charge in [-0.3, -0.25) is 14.1 Å². The lowest BCUT2D eigenvalue weighted by molar-refractivity contribution is -0.781. The van der Waals surface area contributed by atoms with Crippen molar-refractivity contribution < 1.29 is 51.0 Å². The minimum atomic E-state index is -4.96. The lowest BCUT2D eigenvalue weighted by Crippen LogP contribution is -2.64. The number of hydrogen-bond donors (Lipinski definition) is 6. The summed E-state index contributed by atoms with van der Waals surface area (Å²) in [6.07, 6.45) is 4.77. The number of β-lactam (4-membered cyclic amide) rings is 1. The van der Waals surface area contributed by atoms with Crippen LogP contribution in [0, 0.1) is 5.92 Å². The van der Waals surface area contributed by atoms with Crippen molar-refractivity contribution in [1.29, 1.82) is 0 Å². The Kier molecular flexibility index (Phi) is 10.3. The number of nitrogen functional groups attached to an aromatic ring is 1. The molecule has 0 bridgehead atoms. The zero-order valence-corrected chi connectivity index (χ0v) is 29.1. The molecule has 3 atom stereocenters. The number of anilines is 1. The molecule has 51 heavy (non-hydrogen) atoms. The van der Waals surface area contributed by atoms with Crippen LogP contribution < -0.4 is 31.5 Å². The number of nitrogens with one attached hydrogen (secondary N) is 2. The maximum absolute atomic E-state index is 13.2. The Labute approximate surface area is 296 Å². The highest BCUT2D eigenvalue weighted by atomic mass is 32.3. The van der Waals surface area contributed by atoms with Crippen molar-refractivity contribution in [1.82, 2.24) is 25.4 Å². The SMILES string of the molecule is C[C@@](O/N=C(\C(=O)NC1CN(OS(=O)(=O)O)C1=O)c1csc(N)n1)(C(=O)O)C1CCc2cc(-c3cn(CCCN)[n+](CC4CNC4)c3)ccc2O1. The molecule has 0 radical (unpaired) electrons. The number of benzene rings is 1. The van der Waals surface area contributed by atoms with Gasteiger partial charge < -0.3 is 36.8 Å². The predicted molar refractivity (Wildman–Crippen MR) is 179 cm³/mol. The Balaban J connectivity index is 1.18. The molecule has 19 nitrogen and oxygen atoms in total. The lowest BCUT2D eigenvalue weighted by Gasteiger charge is -2.36. The van der Waals surface area contributed by atoms with E-state index in [2.05, 4.69) is 46.8 Å². The predicted octanol–water partition coefficient (Wildman–Crippen LogP) is -0.931. The van der Waals surface area contributed by atoms with Gasteiger partial charge in [-0.15, -0.1) is 20.3 Å². The first-order valence-electron chi connectivity index (χ1n) is 16.0. The zero-order valence-electron chi connectivity index (χ0n) is 27.4. The molecule has 2 saturated heterocycles. The van der Waals surface area contributed by atoms with Crippen LogP contribution in [0.25, 0.3) is 11.1 Å². The number of oxime groups is 1. The van der Waals surface area contributed by atoms with Crippen LogP contribution in [0.3, 0.4) is 0 Å². The molecule has 274 valence electrons. The number of thiazole rings is 1. The van der Waals surface area contributed by atoms with Gasteiger partial charge in [0, 0.05) is 24.4 Å². The van der Waals surface area contributed by atoms with E-state index in [0.29, 0.717) is 29.7 Å². The molecule has 1 aromatic carbocycles. The Morgan fingerprint density at radius 2 is 2.10 bits per heavy atom. The van der Waals surface area contributed by atoms with E-state index >= 15 is 0 Å².